The minimum atomic E-state index is -0.991. The number of hydrogen-bond donors (Lipinski definition) is 0. The third-order valence-electron chi connectivity index (χ3n) is 15.4. The average Bonchev–Trinajstić information content (AvgIpc) is 4.01. The van der Waals surface area contributed by atoms with E-state index < -0.39 is 12.3 Å². The molecule has 1 saturated carbocycles. The van der Waals surface area contributed by atoms with Crippen LogP contribution < -0.4 is 14.5 Å². The number of carbonyl (C=O) groups is 2. The van der Waals surface area contributed by atoms with Crippen LogP contribution in [0.1, 0.15) is 214 Å². The van der Waals surface area contributed by atoms with E-state index in [1.165, 1.54) is 24.0 Å². The van der Waals surface area contributed by atoms with E-state index in [1.54, 1.807) is 13.8 Å². The van der Waals surface area contributed by atoms with Crippen molar-refractivity contribution in [3.8, 4) is 5.75 Å². The molecular formula is C55H78F2N8O3. The summed E-state index contributed by atoms with van der Waals surface area (Å²) in [7, 11) is 0. The highest BCUT2D eigenvalue weighted by Gasteiger charge is 2.38. The number of nitrogens with zero attached hydrogens (tertiary/aromatic N) is 8. The molecule has 0 N–H and O–H groups in total. The largest absolute Gasteiger partial charge is 0.490 e. The third kappa shape index (κ3) is 9.78. The SMILES string of the molecule is CCCC(F)c1cc2c(cc1C(C)CC)CCCN2c1nc(C(C)C)n2c1CN(C(C)=O)CC2.CCCC(F)c1cc2c(cc1C(C)CC)OCCN2c1nc(C2CC2)n2c1CN(C(C)=O)CC2. The molecule has 4 aromatic rings. The number of anilines is 4. The second kappa shape index (κ2) is 21.0. The van der Waals surface area contributed by atoms with Gasteiger partial charge in [0.05, 0.1) is 36.7 Å². The number of fused-ring (bicyclic) bond motifs is 4. The predicted octanol–water partition coefficient (Wildman–Crippen LogP) is 12.8. The molecule has 68 heavy (non-hydrogen) atoms. The van der Waals surface area contributed by atoms with Gasteiger partial charge in [-0.25, -0.2) is 18.7 Å². The summed E-state index contributed by atoms with van der Waals surface area (Å²) in [5, 5.41) is 0. The van der Waals surface area contributed by atoms with Gasteiger partial charge in [-0.2, -0.15) is 0 Å². The van der Waals surface area contributed by atoms with Crippen LogP contribution in [-0.4, -0.2) is 73.5 Å². The first kappa shape index (κ1) is 49.5. The second-order valence-electron chi connectivity index (χ2n) is 20.5. The highest BCUT2D eigenvalue weighted by molar-refractivity contribution is 5.76. The number of ether oxygens (including phenoxy) is 1. The number of halogens is 2. The molecule has 2 aromatic carbocycles. The molecule has 6 heterocycles. The van der Waals surface area contributed by atoms with Crippen LogP contribution >= 0.6 is 0 Å². The Kier molecular flexibility index (Phi) is 15.3. The molecule has 2 aromatic heterocycles. The Balaban J connectivity index is 0.000000184. The zero-order chi connectivity index (χ0) is 48.6. The number of aromatic nitrogens is 4. The summed E-state index contributed by atoms with van der Waals surface area (Å²) in [6, 6.07) is 8.49. The summed E-state index contributed by atoms with van der Waals surface area (Å²) in [5.41, 5.74) is 9.35. The zero-order valence-electron chi connectivity index (χ0n) is 42.8. The molecule has 4 unspecified atom stereocenters. The Morgan fingerprint density at radius 3 is 1.78 bits per heavy atom. The molecule has 2 amide bonds. The van der Waals surface area contributed by atoms with Crippen LogP contribution in [0.25, 0.3) is 0 Å². The van der Waals surface area contributed by atoms with Gasteiger partial charge in [-0.3, -0.25) is 9.59 Å². The summed E-state index contributed by atoms with van der Waals surface area (Å²) >= 11 is 0. The first-order chi connectivity index (χ1) is 32.7. The Morgan fingerprint density at radius 2 is 1.22 bits per heavy atom. The molecule has 0 spiro atoms. The van der Waals surface area contributed by atoms with Crippen LogP contribution in [0.2, 0.25) is 0 Å². The lowest BCUT2D eigenvalue weighted by atomic mass is 9.86. The average molecular weight is 937 g/mol. The van der Waals surface area contributed by atoms with E-state index in [-0.39, 0.29) is 17.7 Å². The van der Waals surface area contributed by atoms with Gasteiger partial charge >= 0.3 is 0 Å². The maximum absolute atomic E-state index is 15.4. The van der Waals surface area contributed by atoms with Crippen molar-refractivity contribution in [2.45, 2.75) is 196 Å². The molecular weight excluding hydrogens is 859 g/mol. The van der Waals surface area contributed by atoms with Crippen molar-refractivity contribution in [3.63, 3.8) is 0 Å². The van der Waals surface area contributed by atoms with Crippen molar-refractivity contribution < 1.29 is 23.1 Å². The predicted molar refractivity (Wildman–Crippen MR) is 268 cm³/mol. The number of rotatable bonds is 14. The van der Waals surface area contributed by atoms with Crippen molar-refractivity contribution in [1.29, 1.82) is 0 Å². The fourth-order valence-corrected chi connectivity index (χ4v) is 10.9. The van der Waals surface area contributed by atoms with Gasteiger partial charge in [-0.1, -0.05) is 74.3 Å². The minimum Gasteiger partial charge on any atom is -0.490 e. The summed E-state index contributed by atoms with van der Waals surface area (Å²) in [6.45, 7) is 26.6. The molecule has 5 aliphatic rings. The Morgan fingerprint density at radius 1 is 0.676 bits per heavy atom. The number of carbonyl (C=O) groups excluding carboxylic acids is 2. The monoisotopic (exact) mass is 937 g/mol. The fourth-order valence-electron chi connectivity index (χ4n) is 10.9. The smallest absolute Gasteiger partial charge is 0.219 e. The van der Waals surface area contributed by atoms with Crippen molar-refractivity contribution in [2.24, 2.45) is 0 Å². The van der Waals surface area contributed by atoms with Crippen molar-refractivity contribution in [2.75, 3.05) is 42.6 Å². The number of benzene rings is 2. The number of hydrogen-bond acceptors (Lipinski definition) is 7. The second-order valence-corrected chi connectivity index (χ2v) is 20.5. The van der Waals surface area contributed by atoms with E-state index in [0.29, 0.717) is 56.8 Å². The van der Waals surface area contributed by atoms with Crippen LogP contribution in [0.4, 0.5) is 31.8 Å². The zero-order valence-corrected chi connectivity index (χ0v) is 42.8. The lowest BCUT2D eigenvalue weighted by molar-refractivity contribution is -0.131. The molecule has 0 saturated heterocycles. The van der Waals surface area contributed by atoms with Crippen LogP contribution in [0.3, 0.4) is 0 Å². The Labute approximate surface area is 404 Å². The molecule has 13 heteroatoms. The van der Waals surface area contributed by atoms with E-state index in [4.69, 9.17) is 14.7 Å². The van der Waals surface area contributed by atoms with Gasteiger partial charge in [0.1, 0.15) is 36.3 Å². The van der Waals surface area contributed by atoms with E-state index in [9.17, 15) is 9.59 Å². The number of aryl methyl sites for hydroxylation is 1. The van der Waals surface area contributed by atoms with E-state index >= 15 is 8.78 Å². The van der Waals surface area contributed by atoms with Crippen molar-refractivity contribution >= 4 is 34.8 Å². The first-order valence-electron chi connectivity index (χ1n) is 26.2. The molecule has 11 nitrogen and oxygen atoms in total. The van der Waals surface area contributed by atoms with Gasteiger partial charge in [-0.05, 0) is 109 Å². The third-order valence-corrected chi connectivity index (χ3v) is 15.4. The number of amides is 2. The molecule has 4 atom stereocenters. The first-order valence-corrected chi connectivity index (χ1v) is 26.2. The number of imidazole rings is 2. The molecule has 9 rings (SSSR count). The normalized spacial score (nSPS) is 18.4. The summed E-state index contributed by atoms with van der Waals surface area (Å²) in [5.74, 6) is 6.49. The number of alkyl halides is 2. The topological polar surface area (TPSA) is 92.0 Å². The van der Waals surface area contributed by atoms with Gasteiger partial charge in [0.25, 0.3) is 0 Å². The van der Waals surface area contributed by atoms with E-state index in [2.05, 4.69) is 78.7 Å². The van der Waals surface area contributed by atoms with Gasteiger partial charge < -0.3 is 33.5 Å². The molecule has 370 valence electrons. The van der Waals surface area contributed by atoms with Crippen LogP contribution in [0.5, 0.6) is 5.75 Å². The van der Waals surface area contributed by atoms with Crippen molar-refractivity contribution in [1.82, 2.24) is 28.9 Å². The summed E-state index contributed by atoms with van der Waals surface area (Å²) in [4.78, 5) is 43.0. The molecule has 1 fully saturated rings. The van der Waals surface area contributed by atoms with Crippen LogP contribution in [0, 0.1) is 0 Å². The lowest BCUT2D eigenvalue weighted by Gasteiger charge is -2.34. The Hall–Kier alpha value is -4.94. The van der Waals surface area contributed by atoms with Gasteiger partial charge in [0, 0.05) is 64.1 Å². The lowest BCUT2D eigenvalue weighted by Crippen LogP contribution is -2.38. The minimum absolute atomic E-state index is 0.0917. The fraction of sp³-hybridized carbons (Fsp3) is 0.636. The maximum atomic E-state index is 15.4. The quantitative estimate of drug-likeness (QED) is 0.124. The van der Waals surface area contributed by atoms with Crippen LogP contribution in [-0.2, 0) is 42.2 Å². The van der Waals surface area contributed by atoms with E-state index in [0.717, 1.165) is 140 Å². The molecule has 1 aliphatic carbocycles. The molecule has 4 aliphatic heterocycles. The van der Waals surface area contributed by atoms with Gasteiger partial charge in [0.2, 0.25) is 11.8 Å². The maximum Gasteiger partial charge on any atom is 0.219 e. The summed E-state index contributed by atoms with van der Waals surface area (Å²) < 4.78 is 41.6. The molecule has 0 bridgehead atoms. The highest BCUT2D eigenvalue weighted by atomic mass is 19.1. The summed E-state index contributed by atoms with van der Waals surface area (Å²) in [6.07, 6.45) is 7.11. The highest BCUT2D eigenvalue weighted by Crippen LogP contribution is 2.48. The standard InChI is InChI=1S/C28H41FN4O.C27H37FN4O2/c1-7-10-24(29)23-16-25-21(15-22(23)19(5)8-2)11-9-12-32(25)28-26-17-31(20(6)34)13-14-33(26)27(30-28)18(3)4;1-5-7-22(28)21-14-23-25(15-20(21)17(3)6-2)34-13-12-32(23)27-24-16-30(18(4)33)10-11-31(24)26(29-27)19-8-9-19/h15-16,18-19,24H,7-14,17H2,1-6H3;14-15,17,19,22H,5-13,16H2,1-4H3. The van der Waals surface area contributed by atoms with Gasteiger partial charge in [-0.15, -0.1) is 0 Å². The van der Waals surface area contributed by atoms with Gasteiger partial charge in [0.15, 0.2) is 11.6 Å². The van der Waals surface area contributed by atoms with Crippen LogP contribution in [0.15, 0.2) is 24.3 Å². The Bertz CT molecular complexity index is 2300. The van der Waals surface area contributed by atoms with E-state index in [1.807, 2.05) is 29.7 Å². The van der Waals surface area contributed by atoms with Crippen molar-refractivity contribution in [3.05, 3.63) is 75.1 Å². The molecule has 0 radical (unpaired) electrons.